The molecule has 0 saturated heterocycles. The minimum atomic E-state index is -0.149. The van der Waals surface area contributed by atoms with Crippen molar-refractivity contribution in [1.29, 1.82) is 0 Å². The average molecular weight is 433 g/mol. The van der Waals surface area contributed by atoms with E-state index in [2.05, 4.69) is 36.5 Å². The van der Waals surface area contributed by atoms with Crippen molar-refractivity contribution < 1.29 is 9.53 Å². The van der Waals surface area contributed by atoms with Gasteiger partial charge in [0.15, 0.2) is 0 Å². The third kappa shape index (κ3) is 4.87. The molecule has 134 valence electrons. The zero-order chi connectivity index (χ0) is 18.4. The van der Waals surface area contributed by atoms with Gasteiger partial charge >= 0.3 is 0 Å². The van der Waals surface area contributed by atoms with E-state index in [0.29, 0.717) is 24.7 Å². The highest BCUT2D eigenvalue weighted by Crippen LogP contribution is 2.30. The Kier molecular flexibility index (Phi) is 6.32. The number of amides is 1. The molecule has 0 atom stereocenters. The minimum Gasteiger partial charge on any atom is -0.383 e. The van der Waals surface area contributed by atoms with Crippen LogP contribution in [0.4, 0.5) is 11.6 Å². The summed E-state index contributed by atoms with van der Waals surface area (Å²) in [6, 6.07) is 13.1. The highest BCUT2D eigenvalue weighted by molar-refractivity contribution is 9.11. The van der Waals surface area contributed by atoms with E-state index in [1.165, 1.54) is 0 Å². The van der Waals surface area contributed by atoms with Crippen LogP contribution < -0.4 is 10.6 Å². The zero-order valence-corrected chi connectivity index (χ0v) is 16.4. The number of ether oxygens (including phenoxy) is 1. The zero-order valence-electron chi connectivity index (χ0n) is 14.0. The number of methoxy groups -OCH3 is 1. The summed E-state index contributed by atoms with van der Waals surface area (Å²) < 4.78 is 5.98. The van der Waals surface area contributed by atoms with Gasteiger partial charge in [-0.1, -0.05) is 6.07 Å². The maximum atomic E-state index is 12.1. The summed E-state index contributed by atoms with van der Waals surface area (Å²) in [7, 11) is 1.60. The van der Waals surface area contributed by atoms with Gasteiger partial charge in [0, 0.05) is 31.1 Å². The Bertz CT molecular complexity index is 900. The number of hydrogen-bond acceptors (Lipinski definition) is 6. The lowest BCUT2D eigenvalue weighted by atomic mass is 10.2. The van der Waals surface area contributed by atoms with Crippen LogP contribution in [0.2, 0.25) is 0 Å². The summed E-state index contributed by atoms with van der Waals surface area (Å²) in [6.07, 6.45) is 1.71. The van der Waals surface area contributed by atoms with Gasteiger partial charge in [0.1, 0.15) is 0 Å². The molecule has 2 heterocycles. The molecular weight excluding hydrogens is 416 g/mol. The molecule has 2 aromatic heterocycles. The molecular formula is C18H17BrN4O2S. The lowest BCUT2D eigenvalue weighted by Crippen LogP contribution is -2.26. The number of anilines is 2. The predicted molar refractivity (Wildman–Crippen MR) is 107 cm³/mol. The molecule has 8 heteroatoms. The normalized spacial score (nSPS) is 10.5. The van der Waals surface area contributed by atoms with Gasteiger partial charge in [-0.3, -0.25) is 4.79 Å². The first-order valence-corrected chi connectivity index (χ1v) is 9.49. The molecule has 0 radical (unpaired) electrons. The van der Waals surface area contributed by atoms with Crippen LogP contribution in [0.1, 0.15) is 10.4 Å². The SMILES string of the molecule is COCCNC(=O)c1cccc(Nc2nccc(-c3ccc(Br)s3)n2)c1. The fourth-order valence-corrected chi connectivity index (χ4v) is 3.60. The monoisotopic (exact) mass is 432 g/mol. The molecule has 3 rings (SSSR count). The molecule has 1 amide bonds. The molecule has 3 aromatic rings. The Balaban J connectivity index is 1.73. The first-order chi connectivity index (χ1) is 12.7. The van der Waals surface area contributed by atoms with Crippen LogP contribution in [0.5, 0.6) is 0 Å². The second kappa shape index (κ2) is 8.88. The number of carbonyl (C=O) groups is 1. The number of aromatic nitrogens is 2. The molecule has 2 N–H and O–H groups in total. The third-order valence-corrected chi connectivity index (χ3v) is 5.10. The summed E-state index contributed by atoms with van der Waals surface area (Å²) in [4.78, 5) is 22.0. The molecule has 0 saturated carbocycles. The Morgan fingerprint density at radius 2 is 2.15 bits per heavy atom. The topological polar surface area (TPSA) is 76.1 Å². The molecule has 26 heavy (non-hydrogen) atoms. The number of carbonyl (C=O) groups excluding carboxylic acids is 1. The fraction of sp³-hybridized carbons (Fsp3) is 0.167. The van der Waals surface area contributed by atoms with Gasteiger partial charge in [-0.25, -0.2) is 9.97 Å². The van der Waals surface area contributed by atoms with Crippen LogP contribution >= 0.6 is 27.3 Å². The van der Waals surface area contributed by atoms with Gasteiger partial charge in [-0.15, -0.1) is 11.3 Å². The highest BCUT2D eigenvalue weighted by Gasteiger charge is 2.08. The molecule has 0 aliphatic carbocycles. The van der Waals surface area contributed by atoms with Crippen molar-refractivity contribution in [2.45, 2.75) is 0 Å². The van der Waals surface area contributed by atoms with Gasteiger partial charge in [0.25, 0.3) is 5.91 Å². The second-order valence-corrected chi connectivity index (χ2v) is 7.79. The molecule has 0 spiro atoms. The van der Waals surface area contributed by atoms with E-state index in [9.17, 15) is 4.79 Å². The standard InChI is InChI=1S/C18H17BrN4O2S/c1-25-10-9-20-17(24)12-3-2-4-13(11-12)22-18-21-8-7-14(23-18)15-5-6-16(19)26-15/h2-8,11H,9-10H2,1H3,(H,20,24)(H,21,22,23). The first-order valence-electron chi connectivity index (χ1n) is 7.88. The van der Waals surface area contributed by atoms with Crippen LogP contribution in [-0.4, -0.2) is 36.1 Å². The van der Waals surface area contributed by atoms with Crippen molar-refractivity contribution in [3.63, 3.8) is 0 Å². The smallest absolute Gasteiger partial charge is 0.251 e. The van der Waals surface area contributed by atoms with E-state index >= 15 is 0 Å². The number of benzene rings is 1. The van der Waals surface area contributed by atoms with Crippen molar-refractivity contribution >= 4 is 44.8 Å². The molecule has 1 aromatic carbocycles. The van der Waals surface area contributed by atoms with Gasteiger partial charge < -0.3 is 15.4 Å². The van der Waals surface area contributed by atoms with E-state index in [-0.39, 0.29) is 5.91 Å². The van der Waals surface area contributed by atoms with E-state index in [1.54, 1.807) is 36.8 Å². The van der Waals surface area contributed by atoms with Crippen molar-refractivity contribution in [3.05, 3.63) is 58.0 Å². The second-order valence-electron chi connectivity index (χ2n) is 5.32. The van der Waals surface area contributed by atoms with E-state index in [4.69, 9.17) is 4.74 Å². The predicted octanol–water partition coefficient (Wildman–Crippen LogP) is 4.09. The number of rotatable bonds is 7. The average Bonchev–Trinajstić information content (AvgIpc) is 3.09. The summed E-state index contributed by atoms with van der Waals surface area (Å²) in [6.45, 7) is 0.942. The molecule has 0 aliphatic rings. The summed E-state index contributed by atoms with van der Waals surface area (Å²) >= 11 is 5.07. The Hall–Kier alpha value is -2.29. The quantitative estimate of drug-likeness (QED) is 0.549. The lowest BCUT2D eigenvalue weighted by molar-refractivity contribution is 0.0937. The number of nitrogens with zero attached hydrogens (tertiary/aromatic N) is 2. The molecule has 0 aliphatic heterocycles. The minimum absolute atomic E-state index is 0.149. The van der Waals surface area contributed by atoms with Gasteiger partial charge in [0.05, 0.1) is 21.0 Å². The number of nitrogens with one attached hydrogen (secondary N) is 2. The third-order valence-electron chi connectivity index (χ3n) is 3.45. The summed E-state index contributed by atoms with van der Waals surface area (Å²) in [5.41, 5.74) is 2.14. The van der Waals surface area contributed by atoms with Crippen molar-refractivity contribution in [3.8, 4) is 10.6 Å². The highest BCUT2D eigenvalue weighted by atomic mass is 79.9. The first kappa shape index (κ1) is 18.5. The van der Waals surface area contributed by atoms with Crippen LogP contribution in [0.3, 0.4) is 0 Å². The fourth-order valence-electron chi connectivity index (χ4n) is 2.24. The number of halogens is 1. The molecule has 0 unspecified atom stereocenters. The van der Waals surface area contributed by atoms with Crippen molar-refractivity contribution in [1.82, 2.24) is 15.3 Å². The van der Waals surface area contributed by atoms with Crippen LogP contribution in [0.15, 0.2) is 52.4 Å². The van der Waals surface area contributed by atoms with E-state index in [1.807, 2.05) is 30.3 Å². The van der Waals surface area contributed by atoms with Crippen LogP contribution in [0, 0.1) is 0 Å². The maximum absolute atomic E-state index is 12.1. The Morgan fingerprint density at radius 1 is 1.27 bits per heavy atom. The summed E-state index contributed by atoms with van der Waals surface area (Å²) in [5.74, 6) is 0.327. The molecule has 0 bridgehead atoms. The van der Waals surface area contributed by atoms with Crippen molar-refractivity contribution in [2.24, 2.45) is 0 Å². The molecule has 0 fully saturated rings. The van der Waals surface area contributed by atoms with Gasteiger partial charge in [-0.2, -0.15) is 0 Å². The van der Waals surface area contributed by atoms with Gasteiger partial charge in [-0.05, 0) is 52.3 Å². The number of thiophene rings is 1. The lowest BCUT2D eigenvalue weighted by Gasteiger charge is -2.08. The van der Waals surface area contributed by atoms with Crippen LogP contribution in [-0.2, 0) is 4.74 Å². The Labute approximate surface area is 163 Å². The van der Waals surface area contributed by atoms with Gasteiger partial charge in [0.2, 0.25) is 5.95 Å². The maximum Gasteiger partial charge on any atom is 0.251 e. The largest absolute Gasteiger partial charge is 0.383 e. The van der Waals surface area contributed by atoms with Crippen LogP contribution in [0.25, 0.3) is 10.6 Å². The van der Waals surface area contributed by atoms with E-state index < -0.39 is 0 Å². The van der Waals surface area contributed by atoms with E-state index in [0.717, 1.165) is 20.0 Å². The Morgan fingerprint density at radius 3 is 2.92 bits per heavy atom. The van der Waals surface area contributed by atoms with Crippen molar-refractivity contribution in [2.75, 3.05) is 25.6 Å². The molecule has 6 nitrogen and oxygen atoms in total. The number of hydrogen-bond donors (Lipinski definition) is 2. The summed E-state index contributed by atoms with van der Waals surface area (Å²) in [5, 5.41) is 5.95.